The molecule has 0 aliphatic carbocycles. The summed E-state index contributed by atoms with van der Waals surface area (Å²) >= 11 is 6.10. The Balaban J connectivity index is 2.49. The van der Waals surface area contributed by atoms with Crippen LogP contribution in [0.4, 0.5) is 0 Å². The lowest BCUT2D eigenvalue weighted by Crippen LogP contribution is -2.47. The Morgan fingerprint density at radius 1 is 1.48 bits per heavy atom. The van der Waals surface area contributed by atoms with E-state index in [1.807, 2.05) is 20.9 Å². The molecular formula is C14H21ClN2O3S. The molecule has 1 aromatic rings. The third kappa shape index (κ3) is 3.40. The van der Waals surface area contributed by atoms with E-state index in [0.29, 0.717) is 31.3 Å². The van der Waals surface area contributed by atoms with Crippen molar-refractivity contribution in [1.82, 2.24) is 9.62 Å². The fraction of sp³-hybridized carbons (Fsp3) is 0.571. The minimum atomic E-state index is -3.56. The van der Waals surface area contributed by atoms with Crippen molar-refractivity contribution in [3.8, 4) is 0 Å². The summed E-state index contributed by atoms with van der Waals surface area (Å²) in [5, 5.41) is 3.47. The molecule has 0 aromatic heterocycles. The first kappa shape index (κ1) is 16.7. The van der Waals surface area contributed by atoms with Crippen LogP contribution in [0.15, 0.2) is 17.0 Å². The molecule has 1 unspecified atom stereocenters. The minimum absolute atomic E-state index is 0.171. The van der Waals surface area contributed by atoms with E-state index in [1.54, 1.807) is 6.07 Å². The molecule has 1 aliphatic heterocycles. The molecule has 1 fully saturated rings. The van der Waals surface area contributed by atoms with Gasteiger partial charge in [-0.05, 0) is 44.2 Å². The summed E-state index contributed by atoms with van der Waals surface area (Å²) in [5.74, 6) is 0. The number of nitrogens with zero attached hydrogens (tertiary/aromatic N) is 1. The number of ether oxygens (including phenoxy) is 1. The van der Waals surface area contributed by atoms with Crippen molar-refractivity contribution in [1.29, 1.82) is 0 Å². The second-order valence-electron chi connectivity index (χ2n) is 5.26. The van der Waals surface area contributed by atoms with Gasteiger partial charge in [0.15, 0.2) is 0 Å². The highest BCUT2D eigenvalue weighted by Gasteiger charge is 2.33. The normalized spacial score (nSPS) is 20.7. The van der Waals surface area contributed by atoms with E-state index in [4.69, 9.17) is 16.3 Å². The molecule has 0 amide bonds. The van der Waals surface area contributed by atoms with Crippen molar-refractivity contribution >= 4 is 21.6 Å². The van der Waals surface area contributed by atoms with Crippen LogP contribution in [0, 0.1) is 6.92 Å². The maximum atomic E-state index is 12.9. The number of nitrogens with one attached hydrogen (secondary N) is 1. The Labute approximate surface area is 131 Å². The van der Waals surface area contributed by atoms with E-state index in [1.165, 1.54) is 10.4 Å². The first-order valence-corrected chi connectivity index (χ1v) is 8.73. The highest BCUT2D eigenvalue weighted by molar-refractivity contribution is 7.89. The van der Waals surface area contributed by atoms with E-state index in [2.05, 4.69) is 5.32 Å². The van der Waals surface area contributed by atoms with Crippen LogP contribution >= 0.6 is 11.6 Å². The predicted molar refractivity (Wildman–Crippen MR) is 83.1 cm³/mol. The van der Waals surface area contributed by atoms with Crippen LogP contribution in [0.2, 0.25) is 5.02 Å². The summed E-state index contributed by atoms with van der Waals surface area (Å²) < 4.78 is 32.7. The molecule has 21 heavy (non-hydrogen) atoms. The van der Waals surface area contributed by atoms with Crippen LogP contribution in [0.1, 0.15) is 18.1 Å². The molecular weight excluding hydrogens is 312 g/mol. The number of halogens is 1. The van der Waals surface area contributed by atoms with E-state index in [-0.39, 0.29) is 10.9 Å². The van der Waals surface area contributed by atoms with Gasteiger partial charge in [0.05, 0.1) is 18.1 Å². The second-order valence-corrected chi connectivity index (χ2v) is 7.55. The van der Waals surface area contributed by atoms with Gasteiger partial charge in [0.25, 0.3) is 0 Å². The fourth-order valence-electron chi connectivity index (χ4n) is 2.55. The van der Waals surface area contributed by atoms with Crippen molar-refractivity contribution in [3.05, 3.63) is 28.3 Å². The van der Waals surface area contributed by atoms with E-state index < -0.39 is 10.0 Å². The summed E-state index contributed by atoms with van der Waals surface area (Å²) in [6.45, 7) is 5.46. The third-order valence-electron chi connectivity index (χ3n) is 3.69. The number of sulfonamides is 1. The molecule has 1 atom stereocenters. The Morgan fingerprint density at radius 3 is 2.81 bits per heavy atom. The summed E-state index contributed by atoms with van der Waals surface area (Å²) in [6, 6.07) is 3.16. The van der Waals surface area contributed by atoms with Crippen LogP contribution in [0.25, 0.3) is 0 Å². The zero-order valence-electron chi connectivity index (χ0n) is 12.5. The van der Waals surface area contributed by atoms with Crippen molar-refractivity contribution in [2.45, 2.75) is 31.3 Å². The quantitative estimate of drug-likeness (QED) is 0.913. The van der Waals surface area contributed by atoms with Gasteiger partial charge < -0.3 is 10.1 Å². The van der Waals surface area contributed by atoms with Crippen LogP contribution < -0.4 is 5.32 Å². The van der Waals surface area contributed by atoms with Crippen LogP contribution in [-0.2, 0) is 21.3 Å². The Hall–Kier alpha value is -0.660. The van der Waals surface area contributed by atoms with Crippen LogP contribution in [0.3, 0.4) is 0 Å². The number of rotatable bonds is 4. The maximum Gasteiger partial charge on any atom is 0.243 e. The Bertz CT molecular complexity index is 619. The molecule has 118 valence electrons. The zero-order chi connectivity index (χ0) is 15.6. The van der Waals surface area contributed by atoms with Gasteiger partial charge in [-0.2, -0.15) is 4.31 Å². The lowest BCUT2D eigenvalue weighted by molar-refractivity contribution is 0.0392. The van der Waals surface area contributed by atoms with E-state index in [9.17, 15) is 8.42 Å². The largest absolute Gasteiger partial charge is 0.378 e. The van der Waals surface area contributed by atoms with Gasteiger partial charge in [-0.25, -0.2) is 8.42 Å². The predicted octanol–water partition coefficient (Wildman–Crippen LogP) is 1.78. The zero-order valence-corrected chi connectivity index (χ0v) is 14.1. The average Bonchev–Trinajstić information content (AvgIpc) is 2.43. The molecule has 1 aromatic carbocycles. The van der Waals surface area contributed by atoms with Crippen molar-refractivity contribution in [2.24, 2.45) is 0 Å². The van der Waals surface area contributed by atoms with Gasteiger partial charge in [0, 0.05) is 24.2 Å². The standard InChI is InChI=1S/C14H21ClN2O3S/c1-10-9-20-5-4-17(10)21(18,19)14-7-13(15)6-12(8-16-3)11(14)2/h6-7,10,16H,4-5,8-9H2,1-3H3. The molecule has 5 nitrogen and oxygen atoms in total. The molecule has 0 spiro atoms. The molecule has 0 saturated carbocycles. The Kier molecular flexibility index (Phi) is 5.27. The summed E-state index contributed by atoms with van der Waals surface area (Å²) in [6.07, 6.45) is 0. The van der Waals surface area contributed by atoms with Crippen LogP contribution in [0.5, 0.6) is 0 Å². The van der Waals surface area contributed by atoms with Gasteiger partial charge >= 0.3 is 0 Å². The molecule has 2 rings (SSSR count). The summed E-state index contributed by atoms with van der Waals surface area (Å²) in [4.78, 5) is 0.286. The molecule has 1 aliphatic rings. The van der Waals surface area contributed by atoms with E-state index in [0.717, 1.165) is 11.1 Å². The van der Waals surface area contributed by atoms with Gasteiger partial charge in [0.1, 0.15) is 0 Å². The number of hydrogen-bond acceptors (Lipinski definition) is 4. The second kappa shape index (κ2) is 6.62. The fourth-order valence-corrected chi connectivity index (χ4v) is 4.75. The first-order valence-electron chi connectivity index (χ1n) is 6.91. The lowest BCUT2D eigenvalue weighted by atomic mass is 10.1. The minimum Gasteiger partial charge on any atom is -0.378 e. The average molecular weight is 333 g/mol. The van der Waals surface area contributed by atoms with Gasteiger partial charge in [-0.1, -0.05) is 11.6 Å². The molecule has 1 N–H and O–H groups in total. The molecule has 0 bridgehead atoms. The topological polar surface area (TPSA) is 58.6 Å². The van der Waals surface area contributed by atoms with Crippen molar-refractivity contribution in [2.75, 3.05) is 26.8 Å². The van der Waals surface area contributed by atoms with Crippen molar-refractivity contribution < 1.29 is 13.2 Å². The Morgan fingerprint density at radius 2 is 2.19 bits per heavy atom. The SMILES string of the molecule is CNCc1cc(Cl)cc(S(=O)(=O)N2CCOCC2C)c1C. The van der Waals surface area contributed by atoms with Gasteiger partial charge in [-0.15, -0.1) is 0 Å². The number of morpholine rings is 1. The van der Waals surface area contributed by atoms with E-state index >= 15 is 0 Å². The van der Waals surface area contributed by atoms with Crippen molar-refractivity contribution in [3.63, 3.8) is 0 Å². The first-order chi connectivity index (χ1) is 9.87. The highest BCUT2D eigenvalue weighted by Crippen LogP contribution is 2.28. The molecule has 1 heterocycles. The molecule has 7 heteroatoms. The summed E-state index contributed by atoms with van der Waals surface area (Å²) in [5.41, 5.74) is 1.64. The monoisotopic (exact) mass is 332 g/mol. The number of hydrogen-bond donors (Lipinski definition) is 1. The number of benzene rings is 1. The highest BCUT2D eigenvalue weighted by atomic mass is 35.5. The molecule has 1 saturated heterocycles. The third-order valence-corrected chi connectivity index (χ3v) is 6.05. The molecule has 0 radical (unpaired) electrons. The smallest absolute Gasteiger partial charge is 0.243 e. The van der Waals surface area contributed by atoms with Gasteiger partial charge in [0.2, 0.25) is 10.0 Å². The van der Waals surface area contributed by atoms with Gasteiger partial charge in [-0.3, -0.25) is 0 Å². The van der Waals surface area contributed by atoms with Crippen LogP contribution in [-0.4, -0.2) is 45.6 Å². The summed E-state index contributed by atoms with van der Waals surface area (Å²) in [7, 11) is -1.75. The maximum absolute atomic E-state index is 12.9. The lowest BCUT2D eigenvalue weighted by Gasteiger charge is -2.32.